The largest absolute Gasteiger partial charge is 0.490 e. The molecule has 1 aliphatic carbocycles. The summed E-state index contributed by atoms with van der Waals surface area (Å²) in [5, 5.41) is 3.84. The van der Waals surface area contributed by atoms with Crippen molar-refractivity contribution >= 4 is 23.3 Å². The van der Waals surface area contributed by atoms with E-state index in [9.17, 15) is 4.79 Å². The molecule has 3 saturated heterocycles. The highest BCUT2D eigenvalue weighted by Crippen LogP contribution is 2.40. The van der Waals surface area contributed by atoms with Gasteiger partial charge in [-0.25, -0.2) is 4.79 Å². The van der Waals surface area contributed by atoms with E-state index in [0.29, 0.717) is 11.8 Å². The van der Waals surface area contributed by atoms with Gasteiger partial charge >= 0.3 is 6.03 Å². The van der Waals surface area contributed by atoms with Crippen LogP contribution in [0.25, 0.3) is 0 Å². The molecule has 2 unspecified atom stereocenters. The molecule has 4 aliphatic rings. The summed E-state index contributed by atoms with van der Waals surface area (Å²) in [6, 6.07) is 16.7. The number of piperidine rings is 1. The molecule has 4 fully saturated rings. The quantitative estimate of drug-likeness (QED) is 0.462. The van der Waals surface area contributed by atoms with E-state index in [2.05, 4.69) is 22.3 Å². The van der Waals surface area contributed by atoms with Crippen LogP contribution in [-0.2, 0) is 4.74 Å². The summed E-state index contributed by atoms with van der Waals surface area (Å²) >= 11 is 6.03. The summed E-state index contributed by atoms with van der Waals surface area (Å²) in [4.78, 5) is 17.5. The summed E-state index contributed by atoms with van der Waals surface area (Å²) in [5.41, 5.74) is 2.12. The zero-order chi connectivity index (χ0) is 25.9. The van der Waals surface area contributed by atoms with E-state index in [0.717, 1.165) is 87.0 Å². The second-order valence-corrected chi connectivity index (χ2v) is 12.1. The van der Waals surface area contributed by atoms with Gasteiger partial charge in [0, 0.05) is 49.5 Å². The molecule has 6 rings (SSSR count). The number of nitrogens with one attached hydrogen (secondary N) is 1. The van der Waals surface area contributed by atoms with E-state index in [1.54, 1.807) is 0 Å². The molecule has 204 valence electrons. The number of rotatable bonds is 6. The van der Waals surface area contributed by atoms with Crippen LogP contribution < -0.4 is 10.1 Å². The molecule has 2 aromatic rings. The third-order valence-corrected chi connectivity index (χ3v) is 9.45. The summed E-state index contributed by atoms with van der Waals surface area (Å²) in [5.74, 6) is 2.83. The zero-order valence-corrected chi connectivity index (χ0v) is 23.0. The van der Waals surface area contributed by atoms with Crippen molar-refractivity contribution in [3.8, 4) is 5.75 Å². The van der Waals surface area contributed by atoms with E-state index in [1.165, 1.54) is 31.4 Å². The van der Waals surface area contributed by atoms with Gasteiger partial charge in [0.15, 0.2) is 0 Å². The van der Waals surface area contributed by atoms with Gasteiger partial charge in [0.25, 0.3) is 0 Å². The van der Waals surface area contributed by atoms with E-state index < -0.39 is 0 Å². The molecular weight excluding hydrogens is 498 g/mol. The van der Waals surface area contributed by atoms with Gasteiger partial charge in [-0.15, -0.1) is 0 Å². The van der Waals surface area contributed by atoms with Crippen LogP contribution in [0, 0.1) is 11.8 Å². The Bertz CT molecular complexity index is 1060. The van der Waals surface area contributed by atoms with Gasteiger partial charge in [-0.3, -0.25) is 4.90 Å². The Balaban J connectivity index is 0.972. The van der Waals surface area contributed by atoms with E-state index in [4.69, 9.17) is 21.1 Å². The number of ether oxygens (including phenoxy) is 2. The predicted octanol–water partition coefficient (Wildman–Crippen LogP) is 6.41. The van der Waals surface area contributed by atoms with Gasteiger partial charge < -0.3 is 19.7 Å². The van der Waals surface area contributed by atoms with Crippen molar-refractivity contribution in [2.24, 2.45) is 11.8 Å². The minimum absolute atomic E-state index is 0.0271. The summed E-state index contributed by atoms with van der Waals surface area (Å²) in [6.45, 7) is 5.67. The van der Waals surface area contributed by atoms with Crippen LogP contribution in [0.1, 0.15) is 56.4 Å². The molecule has 3 aliphatic heterocycles. The smallest absolute Gasteiger partial charge is 0.321 e. The maximum absolute atomic E-state index is 12.9. The van der Waals surface area contributed by atoms with E-state index in [-0.39, 0.29) is 12.1 Å². The second-order valence-electron chi connectivity index (χ2n) is 11.7. The maximum Gasteiger partial charge on any atom is 0.321 e. The van der Waals surface area contributed by atoms with Crippen LogP contribution in [0.2, 0.25) is 5.02 Å². The van der Waals surface area contributed by atoms with Crippen LogP contribution in [0.5, 0.6) is 5.75 Å². The number of urea groups is 1. The summed E-state index contributed by atoms with van der Waals surface area (Å²) in [7, 11) is 0. The predicted molar refractivity (Wildman–Crippen MR) is 151 cm³/mol. The van der Waals surface area contributed by atoms with Gasteiger partial charge in [-0.1, -0.05) is 23.7 Å². The highest BCUT2D eigenvalue weighted by atomic mass is 35.5. The van der Waals surface area contributed by atoms with Crippen LogP contribution >= 0.6 is 11.6 Å². The van der Waals surface area contributed by atoms with Gasteiger partial charge in [0.2, 0.25) is 0 Å². The van der Waals surface area contributed by atoms with Crippen molar-refractivity contribution in [1.82, 2.24) is 9.80 Å². The van der Waals surface area contributed by atoms with Gasteiger partial charge in [0.1, 0.15) is 11.9 Å². The average molecular weight is 538 g/mol. The van der Waals surface area contributed by atoms with Gasteiger partial charge in [0.05, 0.1) is 6.61 Å². The lowest BCUT2D eigenvalue weighted by molar-refractivity contribution is 0.0535. The van der Waals surface area contributed by atoms with Gasteiger partial charge in [-0.05, 0) is 105 Å². The molecule has 3 heterocycles. The van der Waals surface area contributed by atoms with Crippen molar-refractivity contribution in [3.05, 3.63) is 59.1 Å². The van der Waals surface area contributed by atoms with E-state index >= 15 is 0 Å². The minimum atomic E-state index is -0.0271. The molecule has 1 N–H and O–H groups in total. The molecule has 6 nitrogen and oxygen atoms in total. The first-order valence-electron chi connectivity index (χ1n) is 14.5. The maximum atomic E-state index is 12.9. The van der Waals surface area contributed by atoms with Crippen LogP contribution in [0.15, 0.2) is 48.5 Å². The van der Waals surface area contributed by atoms with Gasteiger partial charge in [-0.2, -0.15) is 0 Å². The molecule has 0 spiro atoms. The molecule has 2 aromatic carbocycles. The molecule has 0 aromatic heterocycles. The SMILES string of the molecule is O=C(Nc1ccc(O[C@@H]2CCN(CC3CCOC3)C3CC[C@@H]3C2)cc1)N1CCC(c2ccc(Cl)cc2)CC1. The standard InChI is InChI=1S/C31H40ClN3O3/c32-26-4-1-23(2-5-26)24-11-15-34(16-12-24)31(36)33-27-6-8-28(9-7-27)38-29-13-17-35(20-22-14-18-37-21-22)30-10-3-25(30)19-29/h1-2,4-9,22,24-25,29-30H,3,10-21H2,(H,33,36)/t22?,25-,29-,30?/m1/s1. The molecule has 4 atom stereocenters. The first-order chi connectivity index (χ1) is 18.6. The lowest BCUT2D eigenvalue weighted by Gasteiger charge is -2.43. The van der Waals surface area contributed by atoms with Crippen LogP contribution in [0.3, 0.4) is 0 Å². The Kier molecular flexibility index (Phi) is 8.10. The lowest BCUT2D eigenvalue weighted by atomic mass is 9.76. The Hall–Kier alpha value is -2.28. The topological polar surface area (TPSA) is 54.0 Å². The normalized spacial score (nSPS) is 28.3. The van der Waals surface area contributed by atoms with Crippen molar-refractivity contribution in [2.45, 2.75) is 63.0 Å². The lowest BCUT2D eigenvalue weighted by Crippen LogP contribution is -2.48. The number of carbonyl (C=O) groups excluding carboxylic acids is 1. The Morgan fingerprint density at radius 1 is 0.947 bits per heavy atom. The molecule has 0 bridgehead atoms. The van der Waals surface area contributed by atoms with Crippen molar-refractivity contribution < 1.29 is 14.3 Å². The molecule has 2 amide bonds. The molecule has 38 heavy (non-hydrogen) atoms. The second kappa shape index (κ2) is 11.8. The molecule has 7 heteroatoms. The summed E-state index contributed by atoms with van der Waals surface area (Å²) < 4.78 is 12.1. The van der Waals surface area contributed by atoms with E-state index in [1.807, 2.05) is 41.3 Å². The Morgan fingerprint density at radius 2 is 1.74 bits per heavy atom. The third-order valence-electron chi connectivity index (χ3n) is 9.20. The Morgan fingerprint density at radius 3 is 2.42 bits per heavy atom. The number of hydrogen-bond donors (Lipinski definition) is 1. The number of nitrogens with zero attached hydrogens (tertiary/aromatic N) is 2. The van der Waals surface area contributed by atoms with Crippen molar-refractivity contribution in [3.63, 3.8) is 0 Å². The van der Waals surface area contributed by atoms with Crippen molar-refractivity contribution in [2.75, 3.05) is 44.7 Å². The highest BCUT2D eigenvalue weighted by molar-refractivity contribution is 6.30. The number of halogens is 1. The fourth-order valence-electron chi connectivity index (χ4n) is 6.79. The number of likely N-dealkylation sites (tertiary alicyclic amines) is 2. The number of hydrogen-bond acceptors (Lipinski definition) is 4. The highest BCUT2D eigenvalue weighted by Gasteiger charge is 2.40. The first-order valence-corrected chi connectivity index (χ1v) is 14.9. The van der Waals surface area contributed by atoms with Crippen LogP contribution in [0.4, 0.5) is 10.5 Å². The van der Waals surface area contributed by atoms with Crippen molar-refractivity contribution in [1.29, 1.82) is 0 Å². The molecule has 0 radical (unpaired) electrons. The monoisotopic (exact) mass is 537 g/mol. The minimum Gasteiger partial charge on any atom is -0.490 e. The third kappa shape index (κ3) is 6.13. The Labute approximate surface area is 231 Å². The fraction of sp³-hybridized carbons (Fsp3) is 0.581. The zero-order valence-electron chi connectivity index (χ0n) is 22.2. The fourth-order valence-corrected chi connectivity index (χ4v) is 6.92. The van der Waals surface area contributed by atoms with Crippen LogP contribution in [-0.4, -0.2) is 67.4 Å². The number of carbonyl (C=O) groups is 1. The number of fused-ring (bicyclic) bond motifs is 1. The number of benzene rings is 2. The first kappa shape index (κ1) is 26.0. The number of anilines is 1. The molecular formula is C31H40ClN3O3. The molecule has 1 saturated carbocycles. The summed E-state index contributed by atoms with van der Waals surface area (Å²) in [6.07, 6.45) is 8.28. The number of amides is 2. The average Bonchev–Trinajstić information content (AvgIpc) is 3.40.